The van der Waals surface area contributed by atoms with Crippen molar-refractivity contribution >= 4 is 19.8 Å². The van der Waals surface area contributed by atoms with Gasteiger partial charge in [-0.05, 0) is 36.0 Å². The summed E-state index contributed by atoms with van der Waals surface area (Å²) in [5.41, 5.74) is 1.60. The molecule has 1 aromatic rings. The SMILES string of the molecule is C[C@H]1CN(C2=CN3C(=O)C=C(c4ccc(O)c(OC(F)F)c4)PC3C=C2)CCN1. The average Bonchev–Trinajstić information content (AvgIpc) is 2.69. The van der Waals surface area contributed by atoms with E-state index in [2.05, 4.69) is 21.9 Å². The van der Waals surface area contributed by atoms with Gasteiger partial charge in [0, 0.05) is 38.0 Å². The van der Waals surface area contributed by atoms with E-state index in [0.29, 0.717) is 11.6 Å². The second-order valence-electron chi connectivity index (χ2n) is 7.17. The van der Waals surface area contributed by atoms with Crippen LogP contribution in [-0.4, -0.2) is 58.9 Å². The zero-order valence-electron chi connectivity index (χ0n) is 15.8. The minimum atomic E-state index is -3.03. The van der Waals surface area contributed by atoms with Gasteiger partial charge in [-0.1, -0.05) is 20.7 Å². The number of phenols is 1. The zero-order chi connectivity index (χ0) is 20.5. The molecule has 0 spiro atoms. The van der Waals surface area contributed by atoms with E-state index in [1.54, 1.807) is 11.0 Å². The number of carbonyl (C=O) groups is 1. The standard InChI is InChI=1S/C20H22F2N3O3P/c1-12-10-24(7-6-23-12)14-3-5-19-25(11-14)18(27)9-17(29-19)13-2-4-15(26)16(8-13)28-20(21)22/h2-5,8-9,11-12,19-20,23,26,29H,6-7,10H2,1H3/t12-,19?/m0/s1. The summed E-state index contributed by atoms with van der Waals surface area (Å²) in [4.78, 5) is 16.8. The normalized spacial score (nSPS) is 25.2. The van der Waals surface area contributed by atoms with Crippen LogP contribution in [0.2, 0.25) is 0 Å². The number of carbonyl (C=O) groups excluding carboxylic acids is 1. The Morgan fingerprint density at radius 1 is 1.38 bits per heavy atom. The second kappa shape index (κ2) is 8.13. The number of hydrogen-bond acceptors (Lipinski definition) is 5. The summed E-state index contributed by atoms with van der Waals surface area (Å²) in [5.74, 6) is -0.928. The first-order valence-corrected chi connectivity index (χ1v) is 10.5. The molecule has 6 nitrogen and oxygen atoms in total. The summed E-state index contributed by atoms with van der Waals surface area (Å²) < 4.78 is 29.4. The van der Waals surface area contributed by atoms with Gasteiger partial charge in [-0.2, -0.15) is 8.78 Å². The molecule has 3 aliphatic rings. The minimum Gasteiger partial charge on any atom is -0.504 e. The number of benzene rings is 1. The van der Waals surface area contributed by atoms with Gasteiger partial charge in [0.15, 0.2) is 11.5 Å². The maximum atomic E-state index is 12.8. The lowest BCUT2D eigenvalue weighted by atomic mass is 10.1. The number of fused-ring (bicyclic) bond motifs is 1. The molecule has 1 amide bonds. The number of amides is 1. The molecule has 2 unspecified atom stereocenters. The summed E-state index contributed by atoms with van der Waals surface area (Å²) in [7, 11) is 0.248. The molecule has 1 fully saturated rings. The number of nitrogens with zero attached hydrogens (tertiary/aromatic N) is 2. The largest absolute Gasteiger partial charge is 0.504 e. The van der Waals surface area contributed by atoms with Crippen LogP contribution < -0.4 is 10.1 Å². The van der Waals surface area contributed by atoms with Gasteiger partial charge in [0.25, 0.3) is 5.91 Å². The quantitative estimate of drug-likeness (QED) is 0.732. The van der Waals surface area contributed by atoms with E-state index < -0.39 is 6.61 Å². The minimum absolute atomic E-state index is 0.111. The number of hydrogen-bond donors (Lipinski definition) is 2. The molecule has 9 heteroatoms. The first-order chi connectivity index (χ1) is 13.9. The molecular weight excluding hydrogens is 399 g/mol. The summed E-state index contributed by atoms with van der Waals surface area (Å²) in [6.45, 7) is 1.77. The van der Waals surface area contributed by atoms with Crippen LogP contribution in [0.15, 0.2) is 48.3 Å². The van der Waals surface area contributed by atoms with Crippen LogP contribution in [0.3, 0.4) is 0 Å². The van der Waals surface area contributed by atoms with E-state index in [1.807, 2.05) is 18.4 Å². The van der Waals surface area contributed by atoms with Crippen molar-refractivity contribution < 1.29 is 23.4 Å². The van der Waals surface area contributed by atoms with E-state index in [-0.39, 0.29) is 31.8 Å². The van der Waals surface area contributed by atoms with Gasteiger partial charge < -0.3 is 25.0 Å². The second-order valence-corrected chi connectivity index (χ2v) is 8.59. The average molecular weight is 421 g/mol. The van der Waals surface area contributed by atoms with Crippen molar-refractivity contribution in [1.29, 1.82) is 0 Å². The number of alkyl halides is 2. The van der Waals surface area contributed by atoms with Crippen LogP contribution >= 0.6 is 8.58 Å². The van der Waals surface area contributed by atoms with Gasteiger partial charge in [-0.25, -0.2) is 0 Å². The van der Waals surface area contributed by atoms with Gasteiger partial charge >= 0.3 is 6.61 Å². The van der Waals surface area contributed by atoms with Crippen LogP contribution in [0.4, 0.5) is 8.78 Å². The van der Waals surface area contributed by atoms with E-state index >= 15 is 0 Å². The molecule has 0 radical (unpaired) electrons. The summed E-state index contributed by atoms with van der Waals surface area (Å²) in [6, 6.07) is 4.64. The number of allylic oxidation sites excluding steroid dienone is 1. The number of halogens is 2. The lowest BCUT2D eigenvalue weighted by molar-refractivity contribution is -0.123. The Morgan fingerprint density at radius 3 is 2.97 bits per heavy atom. The predicted molar refractivity (Wildman–Crippen MR) is 108 cm³/mol. The van der Waals surface area contributed by atoms with E-state index in [4.69, 9.17) is 0 Å². The smallest absolute Gasteiger partial charge is 0.387 e. The summed E-state index contributed by atoms with van der Waals surface area (Å²) in [5, 5.41) is 13.9. The molecule has 29 heavy (non-hydrogen) atoms. The van der Waals surface area contributed by atoms with Gasteiger partial charge in [-0.15, -0.1) is 0 Å². The third-order valence-electron chi connectivity index (χ3n) is 5.07. The molecule has 0 saturated carbocycles. The van der Waals surface area contributed by atoms with Crippen molar-refractivity contribution in [3.8, 4) is 11.5 Å². The first-order valence-electron chi connectivity index (χ1n) is 9.38. The number of rotatable bonds is 4. The number of nitrogens with one attached hydrogen (secondary N) is 1. The number of piperazine rings is 1. The molecule has 1 saturated heterocycles. The Labute approximate surface area is 169 Å². The fourth-order valence-electron chi connectivity index (χ4n) is 3.66. The number of ether oxygens (including phenoxy) is 1. The fraction of sp³-hybridized carbons (Fsp3) is 0.350. The van der Waals surface area contributed by atoms with Crippen molar-refractivity contribution in [2.75, 3.05) is 19.6 Å². The van der Waals surface area contributed by atoms with Crippen LogP contribution in [0, 0.1) is 0 Å². The third kappa shape index (κ3) is 4.28. The molecule has 3 heterocycles. The Kier molecular flexibility index (Phi) is 5.56. The maximum Gasteiger partial charge on any atom is 0.387 e. The summed E-state index contributed by atoms with van der Waals surface area (Å²) >= 11 is 0. The highest BCUT2D eigenvalue weighted by molar-refractivity contribution is 7.51. The molecule has 3 aliphatic heterocycles. The predicted octanol–water partition coefficient (Wildman–Crippen LogP) is 2.89. The topological polar surface area (TPSA) is 65.0 Å². The zero-order valence-corrected chi connectivity index (χ0v) is 16.8. The van der Waals surface area contributed by atoms with Crippen molar-refractivity contribution in [2.45, 2.75) is 25.4 Å². The molecule has 0 bridgehead atoms. The fourth-order valence-corrected chi connectivity index (χ4v) is 5.04. The molecule has 1 aromatic carbocycles. The highest BCUT2D eigenvalue weighted by atomic mass is 31.1. The Morgan fingerprint density at radius 2 is 2.21 bits per heavy atom. The van der Waals surface area contributed by atoms with Gasteiger partial charge in [0.2, 0.25) is 0 Å². The number of aromatic hydroxyl groups is 1. The van der Waals surface area contributed by atoms with Crippen LogP contribution in [0.5, 0.6) is 11.5 Å². The van der Waals surface area contributed by atoms with Crippen LogP contribution in [0.1, 0.15) is 12.5 Å². The van der Waals surface area contributed by atoms with Crippen molar-refractivity contribution in [3.05, 3.63) is 53.9 Å². The molecule has 0 aromatic heterocycles. The first kappa shape index (κ1) is 19.9. The lowest BCUT2D eigenvalue weighted by Crippen LogP contribution is -2.49. The summed E-state index contributed by atoms with van der Waals surface area (Å²) in [6.07, 6.45) is 7.49. The molecule has 0 aliphatic carbocycles. The van der Waals surface area contributed by atoms with Gasteiger partial charge in [0.05, 0.1) is 11.5 Å². The number of phenolic OH excluding ortho intramolecular Hbond substituents is 1. The highest BCUT2D eigenvalue weighted by Gasteiger charge is 2.30. The molecular formula is C20H22F2N3O3P. The van der Waals surface area contributed by atoms with Gasteiger partial charge in [0.1, 0.15) is 0 Å². The van der Waals surface area contributed by atoms with Crippen molar-refractivity contribution in [2.24, 2.45) is 0 Å². The van der Waals surface area contributed by atoms with Gasteiger partial charge in [-0.3, -0.25) is 4.79 Å². The maximum absolute atomic E-state index is 12.8. The van der Waals surface area contributed by atoms with Crippen molar-refractivity contribution in [1.82, 2.24) is 15.1 Å². The highest BCUT2D eigenvalue weighted by Crippen LogP contribution is 2.46. The van der Waals surface area contributed by atoms with E-state index in [1.165, 1.54) is 18.2 Å². The van der Waals surface area contributed by atoms with E-state index in [0.717, 1.165) is 30.6 Å². The molecule has 3 atom stereocenters. The Balaban J connectivity index is 1.56. The van der Waals surface area contributed by atoms with Crippen molar-refractivity contribution in [3.63, 3.8) is 0 Å². The Bertz CT molecular complexity index is 903. The van der Waals surface area contributed by atoms with Crippen LogP contribution in [0.25, 0.3) is 5.31 Å². The van der Waals surface area contributed by atoms with E-state index in [9.17, 15) is 18.7 Å². The Hall–Kier alpha value is -2.44. The lowest BCUT2D eigenvalue weighted by Gasteiger charge is -2.39. The molecule has 154 valence electrons. The monoisotopic (exact) mass is 421 g/mol. The molecule has 2 N–H and O–H groups in total. The molecule has 4 rings (SSSR count). The third-order valence-corrected chi connectivity index (χ3v) is 6.58. The van der Waals surface area contributed by atoms with Crippen LogP contribution in [-0.2, 0) is 4.79 Å².